The van der Waals surface area contributed by atoms with Gasteiger partial charge in [0.15, 0.2) is 17.5 Å². The van der Waals surface area contributed by atoms with Gasteiger partial charge in [0.2, 0.25) is 5.82 Å². The third-order valence-corrected chi connectivity index (χ3v) is 10.3. The van der Waals surface area contributed by atoms with Crippen LogP contribution in [0.3, 0.4) is 0 Å². The van der Waals surface area contributed by atoms with Gasteiger partial charge in [-0.05, 0) is 36.4 Å². The topological polar surface area (TPSA) is 35.6 Å². The van der Waals surface area contributed by atoms with Crippen LogP contribution >= 0.6 is 11.3 Å². The van der Waals surface area contributed by atoms with Crippen molar-refractivity contribution in [3.8, 4) is 23.0 Å². The van der Waals surface area contributed by atoms with E-state index in [0.717, 1.165) is 59.3 Å². The van der Waals surface area contributed by atoms with E-state index in [9.17, 15) is 0 Å². The van der Waals surface area contributed by atoms with Crippen molar-refractivity contribution in [3.63, 3.8) is 0 Å². The van der Waals surface area contributed by atoms with E-state index in [2.05, 4.69) is 60.7 Å². The number of hydrogen-bond acceptors (Lipinski definition) is 3. The smallest absolute Gasteiger partial charge is 0.209 e. The van der Waals surface area contributed by atoms with Crippen LogP contribution in [0.4, 0.5) is 4.39 Å². The van der Waals surface area contributed by atoms with E-state index >= 15 is 4.39 Å². The Kier molecular flexibility index (Phi) is 5.30. The molecule has 4 heterocycles. The summed E-state index contributed by atoms with van der Waals surface area (Å²) in [5.74, 6) is 0.437. The average molecular weight is 611 g/mol. The molecule has 0 radical (unpaired) electrons. The Balaban J connectivity index is 1.38. The maximum absolute atomic E-state index is 17.5. The maximum atomic E-state index is 17.5. The van der Waals surface area contributed by atoms with E-state index in [-0.39, 0.29) is 11.6 Å². The zero-order valence-corrected chi connectivity index (χ0v) is 25.2. The van der Waals surface area contributed by atoms with E-state index in [4.69, 9.17) is 9.97 Å². The van der Waals surface area contributed by atoms with Crippen LogP contribution in [-0.2, 0) is 0 Å². The highest BCUT2D eigenvalue weighted by atomic mass is 32.1. The molecule has 0 saturated carbocycles. The van der Waals surface area contributed by atoms with Crippen molar-refractivity contribution in [2.45, 2.75) is 0 Å². The molecule has 216 valence electrons. The molecule has 0 N–H and O–H groups in total. The summed E-state index contributed by atoms with van der Waals surface area (Å²) in [6.45, 7) is 0. The second kappa shape index (κ2) is 9.57. The molecule has 0 fully saturated rings. The molecule has 0 amide bonds. The number of halogens is 1. The largest absolute Gasteiger partial charge is 0.291 e. The van der Waals surface area contributed by atoms with Gasteiger partial charge in [-0.25, -0.2) is 9.97 Å². The van der Waals surface area contributed by atoms with Gasteiger partial charge in [0.25, 0.3) is 0 Å². The van der Waals surface area contributed by atoms with E-state index in [1.165, 1.54) is 10.1 Å². The average Bonchev–Trinajstić information content (AvgIpc) is 3.77. The predicted octanol–water partition coefficient (Wildman–Crippen LogP) is 10.8. The van der Waals surface area contributed by atoms with Gasteiger partial charge in [0.05, 0.1) is 22.1 Å². The molecular formula is C40H23FN4S. The van der Waals surface area contributed by atoms with Crippen LogP contribution in [0.5, 0.6) is 0 Å². The molecular weight excluding hydrogens is 588 g/mol. The van der Waals surface area contributed by atoms with Crippen molar-refractivity contribution < 1.29 is 4.39 Å². The first-order valence-electron chi connectivity index (χ1n) is 15.2. The standard InChI is InChI=1S/C40H23FN4S/c41-36-39(44-31-19-6-1-12-24(31)25-13-2-7-20-32(25)44)42-38(30-18-11-17-29-28-16-5-10-23-35(28)46-37(29)30)43-40(36)45-33-21-8-3-14-26(33)27-15-4-9-22-34(27)45/h1-23H. The normalized spacial score (nSPS) is 12.0. The first-order valence-corrected chi connectivity index (χ1v) is 16.0. The van der Waals surface area contributed by atoms with Gasteiger partial charge in [-0.1, -0.05) is 103 Å². The summed E-state index contributed by atoms with van der Waals surface area (Å²) < 4.78 is 23.7. The Morgan fingerprint density at radius 3 is 1.35 bits per heavy atom. The lowest BCUT2D eigenvalue weighted by Crippen LogP contribution is -2.11. The molecule has 0 aliphatic heterocycles. The minimum atomic E-state index is -0.481. The molecule has 0 aliphatic rings. The zero-order chi connectivity index (χ0) is 30.4. The van der Waals surface area contributed by atoms with Crippen LogP contribution < -0.4 is 0 Å². The van der Waals surface area contributed by atoms with Crippen molar-refractivity contribution in [1.82, 2.24) is 19.1 Å². The number of aromatic nitrogens is 4. The Morgan fingerprint density at radius 1 is 0.435 bits per heavy atom. The second-order valence-corrected chi connectivity index (χ2v) is 12.6. The Hall–Kier alpha value is -5.85. The molecule has 0 atom stereocenters. The van der Waals surface area contributed by atoms with E-state index in [1.807, 2.05) is 88.0 Å². The fourth-order valence-electron chi connectivity index (χ4n) is 7.07. The van der Waals surface area contributed by atoms with Crippen LogP contribution in [0.1, 0.15) is 0 Å². The second-order valence-electron chi connectivity index (χ2n) is 11.5. The lowest BCUT2D eigenvalue weighted by atomic mass is 10.1. The van der Waals surface area contributed by atoms with Crippen LogP contribution in [0, 0.1) is 5.82 Å². The molecule has 0 bridgehead atoms. The van der Waals surface area contributed by atoms with Gasteiger partial charge < -0.3 is 0 Å². The molecule has 4 aromatic heterocycles. The lowest BCUT2D eigenvalue weighted by Gasteiger charge is -2.15. The third kappa shape index (κ3) is 3.47. The van der Waals surface area contributed by atoms with Gasteiger partial charge >= 0.3 is 0 Å². The summed E-state index contributed by atoms with van der Waals surface area (Å²) in [6.07, 6.45) is 0. The number of fused-ring (bicyclic) bond motifs is 9. The highest BCUT2D eigenvalue weighted by Gasteiger charge is 2.25. The Morgan fingerprint density at radius 2 is 0.848 bits per heavy atom. The highest BCUT2D eigenvalue weighted by Crippen LogP contribution is 2.41. The van der Waals surface area contributed by atoms with Crippen LogP contribution in [-0.4, -0.2) is 19.1 Å². The molecule has 46 heavy (non-hydrogen) atoms. The van der Waals surface area contributed by atoms with Crippen molar-refractivity contribution in [2.75, 3.05) is 0 Å². The summed E-state index contributed by atoms with van der Waals surface area (Å²) >= 11 is 1.72. The molecule has 0 aliphatic carbocycles. The summed E-state index contributed by atoms with van der Waals surface area (Å²) in [5.41, 5.74) is 4.43. The highest BCUT2D eigenvalue weighted by molar-refractivity contribution is 7.26. The van der Waals surface area contributed by atoms with Gasteiger partial charge in [-0.3, -0.25) is 9.13 Å². The molecule has 0 spiro atoms. The first-order chi connectivity index (χ1) is 22.8. The number of rotatable bonds is 3. The van der Waals surface area contributed by atoms with E-state index < -0.39 is 5.82 Å². The molecule has 4 nitrogen and oxygen atoms in total. The summed E-state index contributed by atoms with van der Waals surface area (Å²) in [6, 6.07) is 47.2. The van der Waals surface area contributed by atoms with Gasteiger partial charge in [-0.2, -0.15) is 4.39 Å². The van der Waals surface area contributed by atoms with Gasteiger partial charge in [0, 0.05) is 47.3 Å². The predicted molar refractivity (Wildman–Crippen MR) is 189 cm³/mol. The number of para-hydroxylation sites is 4. The van der Waals surface area contributed by atoms with Crippen LogP contribution in [0.25, 0.3) is 86.8 Å². The molecule has 10 rings (SSSR count). The zero-order valence-electron chi connectivity index (χ0n) is 24.4. The first kappa shape index (κ1) is 25.5. The van der Waals surface area contributed by atoms with Crippen molar-refractivity contribution in [2.24, 2.45) is 0 Å². The molecule has 6 heteroatoms. The maximum Gasteiger partial charge on any atom is 0.209 e. The summed E-state index contributed by atoms with van der Waals surface area (Å²) in [4.78, 5) is 10.2. The Labute approximate surface area is 266 Å². The van der Waals surface area contributed by atoms with Gasteiger partial charge in [-0.15, -0.1) is 11.3 Å². The monoisotopic (exact) mass is 610 g/mol. The van der Waals surface area contributed by atoms with Crippen LogP contribution in [0.2, 0.25) is 0 Å². The van der Waals surface area contributed by atoms with E-state index in [1.54, 1.807) is 11.3 Å². The fraction of sp³-hybridized carbons (Fsp3) is 0. The number of benzene rings is 6. The lowest BCUT2D eigenvalue weighted by molar-refractivity contribution is 0.598. The minimum absolute atomic E-state index is 0.220. The number of nitrogens with zero attached hydrogens (tertiary/aromatic N) is 4. The fourth-order valence-corrected chi connectivity index (χ4v) is 8.28. The van der Waals surface area contributed by atoms with Crippen molar-refractivity contribution >= 4 is 75.1 Å². The minimum Gasteiger partial charge on any atom is -0.291 e. The van der Waals surface area contributed by atoms with E-state index in [0.29, 0.717) is 5.82 Å². The molecule has 10 aromatic rings. The Bertz CT molecular complexity index is 2600. The number of thiophene rings is 1. The SMILES string of the molecule is Fc1c(-n2c3ccccc3c3ccccc32)nc(-c2cccc3c2sc2ccccc23)nc1-n1c2ccccc2c2ccccc21. The molecule has 0 unspecified atom stereocenters. The molecule has 6 aromatic carbocycles. The summed E-state index contributed by atoms with van der Waals surface area (Å²) in [7, 11) is 0. The van der Waals surface area contributed by atoms with Crippen LogP contribution in [0.15, 0.2) is 140 Å². The van der Waals surface area contributed by atoms with Gasteiger partial charge in [0.1, 0.15) is 0 Å². The van der Waals surface area contributed by atoms with Crippen molar-refractivity contribution in [1.29, 1.82) is 0 Å². The third-order valence-electron chi connectivity index (χ3n) is 9.05. The molecule has 0 saturated heterocycles. The quantitative estimate of drug-likeness (QED) is 0.200. The number of hydrogen-bond donors (Lipinski definition) is 0. The van der Waals surface area contributed by atoms with Crippen molar-refractivity contribution in [3.05, 3.63) is 145 Å². The summed E-state index contributed by atoms with van der Waals surface area (Å²) in [5, 5.41) is 6.51.